The fourth-order valence-corrected chi connectivity index (χ4v) is 4.15. The molecule has 1 saturated carbocycles. The topological polar surface area (TPSA) is 79.0 Å². The Morgan fingerprint density at radius 2 is 1.82 bits per heavy atom. The Kier molecular flexibility index (Phi) is 9.26. The van der Waals surface area contributed by atoms with Crippen LogP contribution < -0.4 is 11.1 Å². The van der Waals surface area contributed by atoms with Crippen molar-refractivity contribution in [3.63, 3.8) is 0 Å². The molecular weight excluding hydrogens is 346 g/mol. The van der Waals surface area contributed by atoms with E-state index in [-0.39, 0.29) is 0 Å². The standard InChI is InChI=1S/C24H37N3O/c1-18(19(2)27-24(26)28)23(25)22-14-10-6-5-9-13-21(15-16-22)17-20-11-7-3-4-8-12-20/h6,10,15-16,20,25H,3-5,7-9,11-14,17H2,1-2H3,(H3,26,27,28)/b10-6+,19-18+,21-15+,22-16+,25-23?. The van der Waals surface area contributed by atoms with Gasteiger partial charge in [0.1, 0.15) is 0 Å². The predicted octanol–water partition coefficient (Wildman–Crippen LogP) is 6.31. The Morgan fingerprint density at radius 1 is 1.11 bits per heavy atom. The first-order chi connectivity index (χ1) is 13.5. The minimum atomic E-state index is -0.588. The number of amides is 2. The van der Waals surface area contributed by atoms with Crippen molar-refractivity contribution in [3.8, 4) is 0 Å². The van der Waals surface area contributed by atoms with E-state index in [0.717, 1.165) is 36.3 Å². The molecule has 0 aromatic rings. The lowest BCUT2D eigenvalue weighted by Gasteiger charge is -2.17. The van der Waals surface area contributed by atoms with E-state index in [9.17, 15) is 4.79 Å². The Balaban J connectivity index is 2.19. The molecule has 0 saturated heterocycles. The van der Waals surface area contributed by atoms with Crippen LogP contribution in [-0.2, 0) is 0 Å². The number of carbonyl (C=O) groups excluding carboxylic acids is 1. The smallest absolute Gasteiger partial charge is 0.316 e. The second kappa shape index (κ2) is 11.7. The molecule has 0 atom stereocenters. The average molecular weight is 384 g/mol. The maximum atomic E-state index is 11.1. The minimum absolute atomic E-state index is 0.474. The van der Waals surface area contributed by atoms with Crippen molar-refractivity contribution in [2.45, 2.75) is 84.5 Å². The molecule has 2 amide bonds. The molecule has 0 spiro atoms. The third kappa shape index (κ3) is 7.49. The van der Waals surface area contributed by atoms with Crippen LogP contribution in [-0.4, -0.2) is 11.7 Å². The summed E-state index contributed by atoms with van der Waals surface area (Å²) in [4.78, 5) is 11.1. The lowest BCUT2D eigenvalue weighted by molar-refractivity contribution is 0.251. The molecule has 0 heterocycles. The largest absolute Gasteiger partial charge is 0.351 e. The maximum absolute atomic E-state index is 11.1. The van der Waals surface area contributed by atoms with Crippen LogP contribution in [0.25, 0.3) is 0 Å². The summed E-state index contributed by atoms with van der Waals surface area (Å²) in [5.41, 5.74) is 9.61. The molecule has 2 aliphatic rings. The molecule has 154 valence electrons. The summed E-state index contributed by atoms with van der Waals surface area (Å²) < 4.78 is 0. The zero-order valence-corrected chi connectivity index (χ0v) is 17.7. The highest BCUT2D eigenvalue weighted by molar-refractivity contribution is 6.10. The first kappa shape index (κ1) is 22.2. The van der Waals surface area contributed by atoms with Crippen LogP contribution in [0.3, 0.4) is 0 Å². The van der Waals surface area contributed by atoms with Crippen LogP contribution in [0.15, 0.2) is 46.7 Å². The quantitative estimate of drug-likeness (QED) is 0.290. The second-order valence-electron chi connectivity index (χ2n) is 8.26. The van der Waals surface area contributed by atoms with Gasteiger partial charge < -0.3 is 16.5 Å². The molecule has 1 fully saturated rings. The van der Waals surface area contributed by atoms with Crippen LogP contribution in [0.5, 0.6) is 0 Å². The molecule has 4 nitrogen and oxygen atoms in total. The van der Waals surface area contributed by atoms with Gasteiger partial charge in [-0.05, 0) is 63.0 Å². The van der Waals surface area contributed by atoms with Gasteiger partial charge in [0, 0.05) is 5.70 Å². The van der Waals surface area contributed by atoms with Crippen molar-refractivity contribution < 1.29 is 4.79 Å². The molecule has 0 bridgehead atoms. The summed E-state index contributed by atoms with van der Waals surface area (Å²) >= 11 is 0. The van der Waals surface area contributed by atoms with Crippen LogP contribution in [0, 0.1) is 11.3 Å². The highest BCUT2D eigenvalue weighted by atomic mass is 16.2. The summed E-state index contributed by atoms with van der Waals surface area (Å²) in [5.74, 6) is 0.826. The first-order valence-electron chi connectivity index (χ1n) is 10.8. The van der Waals surface area contributed by atoms with E-state index in [1.807, 2.05) is 6.92 Å². The summed E-state index contributed by atoms with van der Waals surface area (Å²) in [6.45, 7) is 3.66. The van der Waals surface area contributed by atoms with Crippen molar-refractivity contribution in [2.75, 3.05) is 0 Å². The van der Waals surface area contributed by atoms with E-state index in [1.54, 1.807) is 6.92 Å². The average Bonchev–Trinajstić information content (AvgIpc) is 2.93. The van der Waals surface area contributed by atoms with E-state index >= 15 is 0 Å². The van der Waals surface area contributed by atoms with Gasteiger partial charge in [0.05, 0.1) is 5.71 Å². The summed E-state index contributed by atoms with van der Waals surface area (Å²) in [5, 5.41) is 11.2. The SMILES string of the molecule is C/C(NC(N)=O)=C(/C)C(=N)/C1=C/C=C(/CC2CCCCCC2)CCC/C=C/C1. The van der Waals surface area contributed by atoms with E-state index in [2.05, 4.69) is 29.6 Å². The first-order valence-corrected chi connectivity index (χ1v) is 10.8. The van der Waals surface area contributed by atoms with E-state index < -0.39 is 6.03 Å². The van der Waals surface area contributed by atoms with Gasteiger partial charge in [-0.2, -0.15) is 0 Å². The van der Waals surface area contributed by atoms with Crippen molar-refractivity contribution in [2.24, 2.45) is 11.7 Å². The van der Waals surface area contributed by atoms with Crippen LogP contribution in [0.4, 0.5) is 4.79 Å². The number of nitrogens with one attached hydrogen (secondary N) is 2. The van der Waals surface area contributed by atoms with Crippen molar-refractivity contribution >= 4 is 11.7 Å². The number of carbonyl (C=O) groups is 1. The molecule has 0 aromatic heterocycles. The number of urea groups is 1. The fourth-order valence-electron chi connectivity index (χ4n) is 4.15. The van der Waals surface area contributed by atoms with Gasteiger partial charge >= 0.3 is 6.03 Å². The monoisotopic (exact) mass is 383 g/mol. The number of allylic oxidation sites excluding steroid dienone is 8. The Morgan fingerprint density at radius 3 is 2.50 bits per heavy atom. The molecule has 4 N–H and O–H groups in total. The lowest BCUT2D eigenvalue weighted by Crippen LogP contribution is -2.29. The zero-order valence-electron chi connectivity index (χ0n) is 17.7. The summed E-state index contributed by atoms with van der Waals surface area (Å²) in [6.07, 6.45) is 22.5. The fraction of sp³-hybridized carbons (Fsp3) is 0.583. The number of rotatable bonds is 5. The zero-order chi connectivity index (χ0) is 20.4. The molecular formula is C24H37N3O. The van der Waals surface area contributed by atoms with Crippen molar-refractivity contribution in [1.82, 2.24) is 5.32 Å². The van der Waals surface area contributed by atoms with Crippen LogP contribution in [0.2, 0.25) is 0 Å². The molecule has 0 unspecified atom stereocenters. The van der Waals surface area contributed by atoms with Gasteiger partial charge in [0.25, 0.3) is 0 Å². The van der Waals surface area contributed by atoms with E-state index in [1.165, 1.54) is 56.9 Å². The van der Waals surface area contributed by atoms with Crippen molar-refractivity contribution in [3.05, 3.63) is 46.7 Å². The highest BCUT2D eigenvalue weighted by Crippen LogP contribution is 2.30. The Hall–Kier alpha value is -2.10. The third-order valence-corrected chi connectivity index (χ3v) is 5.99. The molecule has 2 rings (SSSR count). The minimum Gasteiger partial charge on any atom is -0.351 e. The Labute approximate surface area is 170 Å². The summed E-state index contributed by atoms with van der Waals surface area (Å²) in [6, 6.07) is -0.588. The molecule has 0 aliphatic heterocycles. The van der Waals surface area contributed by atoms with Gasteiger partial charge in [0.15, 0.2) is 0 Å². The highest BCUT2D eigenvalue weighted by Gasteiger charge is 2.15. The van der Waals surface area contributed by atoms with Crippen LogP contribution in [0.1, 0.15) is 84.5 Å². The van der Waals surface area contributed by atoms with E-state index in [4.69, 9.17) is 11.1 Å². The molecule has 4 heteroatoms. The predicted molar refractivity (Wildman–Crippen MR) is 118 cm³/mol. The van der Waals surface area contributed by atoms with Gasteiger partial charge in [-0.3, -0.25) is 0 Å². The van der Waals surface area contributed by atoms with Crippen molar-refractivity contribution in [1.29, 1.82) is 5.41 Å². The molecule has 0 aromatic carbocycles. The lowest BCUT2D eigenvalue weighted by atomic mass is 9.89. The second-order valence-corrected chi connectivity index (χ2v) is 8.26. The maximum Gasteiger partial charge on any atom is 0.316 e. The Bertz CT molecular complexity index is 674. The van der Waals surface area contributed by atoms with Gasteiger partial charge in [0.2, 0.25) is 0 Å². The normalized spacial score (nSPS) is 25.2. The summed E-state index contributed by atoms with van der Waals surface area (Å²) in [7, 11) is 0. The number of hydrogen-bond acceptors (Lipinski definition) is 2. The van der Waals surface area contributed by atoms with Gasteiger partial charge in [-0.1, -0.05) is 68.4 Å². The molecule has 0 radical (unpaired) electrons. The number of hydrogen-bond donors (Lipinski definition) is 3. The molecule has 2 aliphatic carbocycles. The molecule has 28 heavy (non-hydrogen) atoms. The van der Waals surface area contributed by atoms with E-state index in [0.29, 0.717) is 11.4 Å². The number of primary amides is 1. The third-order valence-electron chi connectivity index (χ3n) is 5.99. The van der Waals surface area contributed by atoms with Gasteiger partial charge in [-0.15, -0.1) is 0 Å². The number of nitrogens with two attached hydrogens (primary N) is 1. The van der Waals surface area contributed by atoms with Gasteiger partial charge in [-0.25, -0.2) is 4.79 Å². The van der Waals surface area contributed by atoms with Crippen LogP contribution >= 0.6 is 0 Å².